The van der Waals surface area contributed by atoms with E-state index in [1.807, 2.05) is 0 Å². The summed E-state index contributed by atoms with van der Waals surface area (Å²) >= 11 is 4.51. The maximum Gasteiger partial charge on any atom is 0.222 e. The largest absolute Gasteiger partial charge is 0.342 e. The molecule has 0 aromatic rings. The predicted molar refractivity (Wildman–Crippen MR) is 83.5 cm³/mol. The summed E-state index contributed by atoms with van der Waals surface area (Å²) in [6.07, 6.45) is 6.79. The minimum Gasteiger partial charge on any atom is -0.342 e. The Kier molecular flexibility index (Phi) is 4.54. The molecule has 1 heterocycles. The van der Waals surface area contributed by atoms with E-state index >= 15 is 0 Å². The molecule has 1 saturated heterocycles. The van der Waals surface area contributed by atoms with Crippen molar-refractivity contribution in [2.24, 2.45) is 16.7 Å². The van der Waals surface area contributed by atoms with Crippen LogP contribution in [0.1, 0.15) is 59.3 Å². The lowest BCUT2D eigenvalue weighted by Gasteiger charge is -2.44. The van der Waals surface area contributed by atoms with Crippen LogP contribution in [-0.4, -0.2) is 29.6 Å². The predicted octanol–water partition coefficient (Wildman–Crippen LogP) is 3.76. The first-order chi connectivity index (χ1) is 8.86. The van der Waals surface area contributed by atoms with Gasteiger partial charge in [-0.1, -0.05) is 27.2 Å². The lowest BCUT2D eigenvalue weighted by molar-refractivity contribution is -0.133. The smallest absolute Gasteiger partial charge is 0.222 e. The van der Waals surface area contributed by atoms with E-state index in [-0.39, 0.29) is 0 Å². The van der Waals surface area contributed by atoms with Crippen molar-refractivity contribution in [1.82, 2.24) is 4.90 Å². The molecule has 0 radical (unpaired) electrons. The van der Waals surface area contributed by atoms with Gasteiger partial charge in [0.15, 0.2) is 0 Å². The highest BCUT2D eigenvalue weighted by Crippen LogP contribution is 2.43. The molecule has 0 aromatic carbocycles. The van der Waals surface area contributed by atoms with Crippen LogP contribution in [0.25, 0.3) is 0 Å². The summed E-state index contributed by atoms with van der Waals surface area (Å²) in [4.78, 5) is 14.5. The third kappa shape index (κ3) is 3.48. The van der Waals surface area contributed by atoms with Crippen molar-refractivity contribution in [3.05, 3.63) is 0 Å². The number of amides is 1. The number of hydrogen-bond donors (Lipinski definition) is 1. The van der Waals surface area contributed by atoms with Gasteiger partial charge in [-0.25, -0.2) is 0 Å². The van der Waals surface area contributed by atoms with E-state index in [1.165, 1.54) is 19.3 Å². The van der Waals surface area contributed by atoms with Crippen molar-refractivity contribution in [2.45, 2.75) is 59.3 Å². The van der Waals surface area contributed by atoms with Crippen molar-refractivity contribution in [3.63, 3.8) is 0 Å². The van der Waals surface area contributed by atoms with Crippen LogP contribution in [-0.2, 0) is 4.79 Å². The Morgan fingerprint density at radius 2 is 2.00 bits per heavy atom. The second-order valence-electron chi connectivity index (χ2n) is 7.72. The Morgan fingerprint density at radius 1 is 1.32 bits per heavy atom. The van der Waals surface area contributed by atoms with E-state index in [0.717, 1.165) is 38.1 Å². The van der Waals surface area contributed by atoms with Gasteiger partial charge in [0.1, 0.15) is 0 Å². The zero-order chi connectivity index (χ0) is 14.1. The molecule has 0 aromatic heterocycles. The summed E-state index contributed by atoms with van der Waals surface area (Å²) in [5, 5.41) is 0. The highest BCUT2D eigenvalue weighted by Gasteiger charge is 2.39. The molecule has 1 aliphatic heterocycles. The summed E-state index contributed by atoms with van der Waals surface area (Å²) < 4.78 is 0. The van der Waals surface area contributed by atoms with Crippen molar-refractivity contribution < 1.29 is 4.79 Å². The van der Waals surface area contributed by atoms with Crippen molar-refractivity contribution in [2.75, 3.05) is 18.8 Å². The number of likely N-dealkylation sites (tertiary alicyclic amines) is 1. The van der Waals surface area contributed by atoms with Crippen LogP contribution in [0.4, 0.5) is 0 Å². The van der Waals surface area contributed by atoms with Crippen LogP contribution < -0.4 is 0 Å². The molecule has 0 bridgehead atoms. The van der Waals surface area contributed by atoms with E-state index in [2.05, 4.69) is 38.3 Å². The van der Waals surface area contributed by atoms with Gasteiger partial charge < -0.3 is 4.90 Å². The van der Waals surface area contributed by atoms with E-state index in [1.54, 1.807) is 0 Å². The van der Waals surface area contributed by atoms with E-state index in [4.69, 9.17) is 0 Å². The highest BCUT2D eigenvalue weighted by molar-refractivity contribution is 7.80. The maximum absolute atomic E-state index is 12.3. The topological polar surface area (TPSA) is 20.3 Å². The third-order valence-electron chi connectivity index (χ3n) is 5.31. The number of hydrogen-bond acceptors (Lipinski definition) is 2. The summed E-state index contributed by atoms with van der Waals surface area (Å²) in [7, 11) is 0. The first-order valence-electron chi connectivity index (χ1n) is 7.75. The van der Waals surface area contributed by atoms with Crippen LogP contribution in [0.3, 0.4) is 0 Å². The van der Waals surface area contributed by atoms with Crippen LogP contribution in [0.2, 0.25) is 0 Å². The molecule has 1 saturated carbocycles. The average molecular weight is 283 g/mol. The second kappa shape index (κ2) is 5.67. The normalized spacial score (nSPS) is 27.9. The molecule has 1 unspecified atom stereocenters. The molecule has 2 rings (SSSR count). The molecule has 2 nitrogen and oxygen atoms in total. The summed E-state index contributed by atoms with van der Waals surface area (Å²) in [6.45, 7) is 8.82. The minimum absolute atomic E-state index is 0.327. The number of thiol groups is 1. The fourth-order valence-corrected chi connectivity index (χ4v) is 3.93. The van der Waals surface area contributed by atoms with Gasteiger partial charge >= 0.3 is 0 Å². The van der Waals surface area contributed by atoms with Crippen molar-refractivity contribution in [3.8, 4) is 0 Å². The van der Waals surface area contributed by atoms with Crippen LogP contribution in [0.5, 0.6) is 0 Å². The van der Waals surface area contributed by atoms with Crippen molar-refractivity contribution >= 4 is 18.5 Å². The number of rotatable bonds is 3. The molecular formula is C16H29NOS. The molecule has 3 heteroatoms. The highest BCUT2D eigenvalue weighted by atomic mass is 32.1. The number of carbonyl (C=O) groups excluding carboxylic acids is 1. The maximum atomic E-state index is 12.3. The quantitative estimate of drug-likeness (QED) is 0.782. The molecule has 2 fully saturated rings. The van der Waals surface area contributed by atoms with Crippen LogP contribution >= 0.6 is 12.6 Å². The second-order valence-corrected chi connectivity index (χ2v) is 8.03. The standard InChI is InChI=1S/C16H29NOS/c1-15(2,3)13-5-6-14(18)17(10-7-13)11-16(12-19)8-4-9-16/h13,19H,4-12H2,1-3H3. The van der Waals surface area contributed by atoms with Crippen LogP contribution in [0, 0.1) is 16.7 Å². The van der Waals surface area contributed by atoms with Gasteiger partial charge in [-0.15, -0.1) is 0 Å². The van der Waals surface area contributed by atoms with Gasteiger partial charge in [0.25, 0.3) is 0 Å². The van der Waals surface area contributed by atoms with E-state index in [0.29, 0.717) is 22.7 Å². The lowest BCUT2D eigenvalue weighted by Crippen LogP contribution is -2.46. The van der Waals surface area contributed by atoms with E-state index < -0.39 is 0 Å². The van der Waals surface area contributed by atoms with Gasteiger partial charge in [-0.3, -0.25) is 4.79 Å². The zero-order valence-electron chi connectivity index (χ0n) is 12.7. The molecule has 0 N–H and O–H groups in total. The molecule has 110 valence electrons. The summed E-state index contributed by atoms with van der Waals surface area (Å²) in [5.41, 5.74) is 0.661. The van der Waals surface area contributed by atoms with Gasteiger partial charge in [-0.2, -0.15) is 12.6 Å². The van der Waals surface area contributed by atoms with Gasteiger partial charge in [0.2, 0.25) is 5.91 Å². The average Bonchev–Trinajstić information content (AvgIpc) is 2.46. The Hall–Kier alpha value is -0.180. The molecule has 19 heavy (non-hydrogen) atoms. The van der Waals surface area contributed by atoms with Gasteiger partial charge in [0, 0.05) is 19.5 Å². The Balaban J connectivity index is 1.97. The van der Waals surface area contributed by atoms with Gasteiger partial charge in [0.05, 0.1) is 0 Å². The summed E-state index contributed by atoms with van der Waals surface area (Å²) in [6, 6.07) is 0. The lowest BCUT2D eigenvalue weighted by atomic mass is 9.70. The van der Waals surface area contributed by atoms with E-state index in [9.17, 15) is 4.79 Å². The molecular weight excluding hydrogens is 254 g/mol. The minimum atomic E-state index is 0.327. The Labute approximate surface area is 123 Å². The fraction of sp³-hybridized carbons (Fsp3) is 0.938. The number of carbonyl (C=O) groups is 1. The van der Waals surface area contributed by atoms with Gasteiger partial charge in [-0.05, 0) is 48.2 Å². The first kappa shape index (κ1) is 15.2. The molecule has 1 atom stereocenters. The van der Waals surface area contributed by atoms with Crippen molar-refractivity contribution in [1.29, 1.82) is 0 Å². The number of nitrogens with zero attached hydrogens (tertiary/aromatic N) is 1. The third-order valence-corrected chi connectivity index (χ3v) is 5.98. The fourth-order valence-electron chi connectivity index (χ4n) is 3.52. The Morgan fingerprint density at radius 3 is 2.47 bits per heavy atom. The Bertz CT molecular complexity index is 325. The SMILES string of the molecule is CC(C)(C)C1CCC(=O)N(CC2(CS)CCC2)CC1. The molecule has 1 amide bonds. The molecule has 0 spiro atoms. The molecule has 1 aliphatic carbocycles. The van der Waals surface area contributed by atoms with Crippen LogP contribution in [0.15, 0.2) is 0 Å². The summed E-state index contributed by atoms with van der Waals surface area (Å²) in [5.74, 6) is 1.98. The first-order valence-corrected chi connectivity index (χ1v) is 8.38. The monoisotopic (exact) mass is 283 g/mol. The molecule has 2 aliphatic rings. The zero-order valence-corrected chi connectivity index (χ0v) is 13.6.